The summed E-state index contributed by atoms with van der Waals surface area (Å²) < 4.78 is 0. The van der Waals surface area contributed by atoms with Crippen molar-refractivity contribution in [1.82, 2.24) is 15.5 Å². The van der Waals surface area contributed by atoms with Crippen LogP contribution in [0.15, 0.2) is 29.3 Å². The fourth-order valence-corrected chi connectivity index (χ4v) is 2.09. The second-order valence-electron chi connectivity index (χ2n) is 5.06. The summed E-state index contributed by atoms with van der Waals surface area (Å²) in [6.45, 7) is 4.04. The van der Waals surface area contributed by atoms with Crippen molar-refractivity contribution in [2.75, 3.05) is 27.2 Å². The molecule has 0 bridgehead atoms. The van der Waals surface area contributed by atoms with E-state index in [4.69, 9.17) is 11.6 Å². The predicted molar refractivity (Wildman–Crippen MR) is 108 cm³/mol. The fraction of sp³-hybridized carbons (Fsp3) is 0.500. The lowest BCUT2D eigenvalue weighted by atomic mass is 10.2. The molecule has 2 N–H and O–H groups in total. The monoisotopic (exact) mass is 452 g/mol. The van der Waals surface area contributed by atoms with E-state index in [2.05, 4.69) is 15.6 Å². The maximum Gasteiger partial charge on any atom is 0.221 e. The van der Waals surface area contributed by atoms with Gasteiger partial charge in [-0.25, -0.2) is 0 Å². The first kappa shape index (κ1) is 22.0. The summed E-state index contributed by atoms with van der Waals surface area (Å²) in [5, 5.41) is 6.78. The lowest BCUT2D eigenvalue weighted by Crippen LogP contribution is -2.40. The third-order valence-corrected chi connectivity index (χ3v) is 3.37. The molecular formula is C16H26ClIN4O. The zero-order chi connectivity index (χ0) is 16.4. The SMILES string of the molecule is CCCNC(=O)CCNC(=NC)N(C)Cc1ccc(Cl)cc1.I. The van der Waals surface area contributed by atoms with Crippen LogP contribution in [0.3, 0.4) is 0 Å². The number of aliphatic imine (C=N–C) groups is 1. The van der Waals surface area contributed by atoms with Gasteiger partial charge in [0, 0.05) is 45.2 Å². The number of rotatable bonds is 7. The first-order chi connectivity index (χ1) is 10.6. The Kier molecular flexibility index (Phi) is 11.9. The second-order valence-corrected chi connectivity index (χ2v) is 5.49. The number of amides is 1. The molecule has 0 spiro atoms. The van der Waals surface area contributed by atoms with Gasteiger partial charge in [-0.05, 0) is 24.1 Å². The highest BCUT2D eigenvalue weighted by molar-refractivity contribution is 14.0. The third kappa shape index (κ3) is 9.00. The minimum absolute atomic E-state index is 0. The van der Waals surface area contributed by atoms with Crippen molar-refractivity contribution in [2.45, 2.75) is 26.3 Å². The van der Waals surface area contributed by atoms with Crippen LogP contribution in [0.2, 0.25) is 5.02 Å². The van der Waals surface area contributed by atoms with Gasteiger partial charge in [0.15, 0.2) is 5.96 Å². The minimum Gasteiger partial charge on any atom is -0.356 e. The summed E-state index contributed by atoms with van der Waals surface area (Å²) >= 11 is 5.88. The molecule has 0 saturated carbocycles. The summed E-state index contributed by atoms with van der Waals surface area (Å²) in [6.07, 6.45) is 1.39. The molecule has 0 heterocycles. The topological polar surface area (TPSA) is 56.7 Å². The Bertz CT molecular complexity index is 493. The van der Waals surface area contributed by atoms with E-state index in [1.165, 1.54) is 0 Å². The zero-order valence-corrected chi connectivity index (χ0v) is 17.0. The van der Waals surface area contributed by atoms with Gasteiger partial charge in [-0.15, -0.1) is 24.0 Å². The molecule has 5 nitrogen and oxygen atoms in total. The first-order valence-corrected chi connectivity index (χ1v) is 7.87. The summed E-state index contributed by atoms with van der Waals surface area (Å²) in [7, 11) is 3.69. The Morgan fingerprint density at radius 2 is 1.87 bits per heavy atom. The molecule has 0 aromatic heterocycles. The van der Waals surface area contributed by atoms with Gasteiger partial charge in [0.1, 0.15) is 0 Å². The number of halogens is 2. The molecule has 0 unspecified atom stereocenters. The molecule has 23 heavy (non-hydrogen) atoms. The van der Waals surface area contributed by atoms with Crippen LogP contribution >= 0.6 is 35.6 Å². The van der Waals surface area contributed by atoms with Crippen molar-refractivity contribution in [2.24, 2.45) is 4.99 Å². The van der Waals surface area contributed by atoms with E-state index < -0.39 is 0 Å². The van der Waals surface area contributed by atoms with Gasteiger partial charge in [0.2, 0.25) is 5.91 Å². The summed E-state index contributed by atoms with van der Waals surface area (Å²) in [6, 6.07) is 7.73. The van der Waals surface area contributed by atoms with Crippen molar-refractivity contribution >= 4 is 47.4 Å². The maximum atomic E-state index is 11.5. The van der Waals surface area contributed by atoms with Crippen LogP contribution in [0.1, 0.15) is 25.3 Å². The normalized spacial score (nSPS) is 10.7. The van der Waals surface area contributed by atoms with Gasteiger partial charge < -0.3 is 15.5 Å². The molecular weight excluding hydrogens is 427 g/mol. The number of nitrogens with zero attached hydrogens (tertiary/aromatic N) is 2. The average molecular weight is 453 g/mol. The van der Waals surface area contributed by atoms with Crippen molar-refractivity contribution < 1.29 is 4.79 Å². The van der Waals surface area contributed by atoms with E-state index in [9.17, 15) is 4.79 Å². The Balaban J connectivity index is 0.00000484. The molecule has 0 atom stereocenters. The molecule has 1 aromatic carbocycles. The van der Waals surface area contributed by atoms with Gasteiger partial charge in [-0.3, -0.25) is 9.79 Å². The smallest absolute Gasteiger partial charge is 0.221 e. The number of hydrogen-bond donors (Lipinski definition) is 2. The number of nitrogens with one attached hydrogen (secondary N) is 2. The molecule has 130 valence electrons. The Morgan fingerprint density at radius 1 is 1.22 bits per heavy atom. The van der Waals surface area contributed by atoms with Crippen molar-refractivity contribution in [3.05, 3.63) is 34.9 Å². The first-order valence-electron chi connectivity index (χ1n) is 7.49. The molecule has 0 radical (unpaired) electrons. The third-order valence-electron chi connectivity index (χ3n) is 3.11. The molecule has 0 fully saturated rings. The van der Waals surface area contributed by atoms with Crippen LogP contribution in [0, 0.1) is 0 Å². The van der Waals surface area contributed by atoms with Crippen LogP contribution in [0.5, 0.6) is 0 Å². The highest BCUT2D eigenvalue weighted by atomic mass is 127. The summed E-state index contributed by atoms with van der Waals surface area (Å²) in [5.41, 5.74) is 1.15. The highest BCUT2D eigenvalue weighted by Crippen LogP contribution is 2.10. The average Bonchev–Trinajstić information content (AvgIpc) is 2.51. The number of hydrogen-bond acceptors (Lipinski definition) is 2. The maximum absolute atomic E-state index is 11.5. The standard InChI is InChI=1S/C16H25ClN4O.HI/c1-4-10-19-15(22)9-11-20-16(18-2)21(3)12-13-5-7-14(17)8-6-13;/h5-8H,4,9-12H2,1-3H3,(H,18,20)(H,19,22);1H. The lowest BCUT2D eigenvalue weighted by Gasteiger charge is -2.22. The quantitative estimate of drug-likeness (QED) is 0.380. The van der Waals surface area contributed by atoms with E-state index in [1.807, 2.05) is 43.1 Å². The van der Waals surface area contributed by atoms with Crippen LogP contribution in [0.25, 0.3) is 0 Å². The lowest BCUT2D eigenvalue weighted by molar-refractivity contribution is -0.120. The highest BCUT2D eigenvalue weighted by Gasteiger charge is 2.07. The van der Waals surface area contributed by atoms with Crippen LogP contribution in [-0.2, 0) is 11.3 Å². The van der Waals surface area contributed by atoms with E-state index in [0.717, 1.165) is 36.1 Å². The predicted octanol–water partition coefficient (Wildman–Crippen LogP) is 2.88. The van der Waals surface area contributed by atoms with E-state index >= 15 is 0 Å². The molecule has 7 heteroatoms. The van der Waals surface area contributed by atoms with Crippen molar-refractivity contribution in [3.63, 3.8) is 0 Å². The Hall–Kier alpha value is -1.02. The number of carbonyl (C=O) groups is 1. The molecule has 0 aliphatic carbocycles. The van der Waals surface area contributed by atoms with Gasteiger partial charge >= 0.3 is 0 Å². The van der Waals surface area contributed by atoms with Gasteiger partial charge in [-0.1, -0.05) is 30.7 Å². The fourth-order valence-electron chi connectivity index (χ4n) is 1.96. The number of carbonyl (C=O) groups excluding carboxylic acids is 1. The van der Waals surface area contributed by atoms with Crippen molar-refractivity contribution in [1.29, 1.82) is 0 Å². The van der Waals surface area contributed by atoms with Crippen molar-refractivity contribution in [3.8, 4) is 0 Å². The second kappa shape index (κ2) is 12.4. The van der Waals surface area contributed by atoms with E-state index in [0.29, 0.717) is 13.0 Å². The Labute approximate surface area is 160 Å². The van der Waals surface area contributed by atoms with E-state index in [-0.39, 0.29) is 29.9 Å². The summed E-state index contributed by atoms with van der Waals surface area (Å²) in [4.78, 5) is 17.8. The van der Waals surface area contributed by atoms with Crippen LogP contribution in [0.4, 0.5) is 0 Å². The molecule has 1 aromatic rings. The molecule has 0 aliphatic rings. The van der Waals surface area contributed by atoms with Crippen LogP contribution in [-0.4, -0.2) is 44.0 Å². The largest absolute Gasteiger partial charge is 0.356 e. The zero-order valence-electron chi connectivity index (χ0n) is 13.9. The molecule has 0 saturated heterocycles. The molecule has 0 aliphatic heterocycles. The number of guanidine groups is 1. The van der Waals surface area contributed by atoms with Gasteiger partial charge in [0.25, 0.3) is 0 Å². The number of benzene rings is 1. The van der Waals surface area contributed by atoms with Crippen LogP contribution < -0.4 is 10.6 Å². The molecule has 1 amide bonds. The Morgan fingerprint density at radius 3 is 2.43 bits per heavy atom. The van der Waals surface area contributed by atoms with E-state index in [1.54, 1.807) is 7.05 Å². The molecule has 1 rings (SSSR count). The van der Waals surface area contributed by atoms with Gasteiger partial charge in [-0.2, -0.15) is 0 Å². The minimum atomic E-state index is 0. The summed E-state index contributed by atoms with van der Waals surface area (Å²) in [5.74, 6) is 0.823. The van der Waals surface area contributed by atoms with Gasteiger partial charge in [0.05, 0.1) is 0 Å².